The Labute approximate surface area is 164 Å². The number of aliphatic hydroxyl groups excluding tert-OH is 1. The van der Waals surface area contributed by atoms with Crippen LogP contribution < -0.4 is 4.74 Å². The molecule has 1 aliphatic rings. The zero-order valence-electron chi connectivity index (χ0n) is 16.3. The van der Waals surface area contributed by atoms with Crippen LogP contribution in [0.3, 0.4) is 0 Å². The summed E-state index contributed by atoms with van der Waals surface area (Å²) in [5.41, 5.74) is 1.03. The number of Topliss-reactive ketones (excluding diaryl/α,β-unsaturated/α-hetero) is 1. The number of nitrogens with zero attached hydrogens (tertiary/aromatic N) is 2. The second-order valence-corrected chi connectivity index (χ2v) is 6.94. The zero-order valence-corrected chi connectivity index (χ0v) is 16.3. The Hall–Kier alpha value is -3.15. The number of carbonyl (C=O) groups excluding carboxylic acids is 2. The lowest BCUT2D eigenvalue weighted by Gasteiger charge is -2.23. The molecule has 0 radical (unpaired) electrons. The van der Waals surface area contributed by atoms with Crippen LogP contribution in [-0.4, -0.2) is 39.3 Å². The lowest BCUT2D eigenvalue weighted by atomic mass is 9.98. The van der Waals surface area contributed by atoms with E-state index in [0.29, 0.717) is 30.0 Å². The van der Waals surface area contributed by atoms with Crippen molar-refractivity contribution in [2.75, 3.05) is 6.54 Å². The van der Waals surface area contributed by atoms with E-state index in [0.717, 1.165) is 0 Å². The molecule has 6 heteroatoms. The molecule has 146 valence electrons. The van der Waals surface area contributed by atoms with Gasteiger partial charge >= 0.3 is 0 Å². The van der Waals surface area contributed by atoms with E-state index in [1.165, 1.54) is 4.90 Å². The van der Waals surface area contributed by atoms with Gasteiger partial charge in [0.2, 0.25) is 0 Å². The normalized spacial score (nSPS) is 18.7. The van der Waals surface area contributed by atoms with Gasteiger partial charge in [-0.25, -0.2) is 0 Å². The first-order valence-corrected chi connectivity index (χ1v) is 9.40. The summed E-state index contributed by atoms with van der Waals surface area (Å²) in [5, 5.41) is 11.0. The van der Waals surface area contributed by atoms with E-state index in [4.69, 9.17) is 4.74 Å². The molecule has 0 bridgehead atoms. The minimum atomic E-state index is -0.712. The average molecular weight is 380 g/mol. The van der Waals surface area contributed by atoms with Crippen LogP contribution in [0.5, 0.6) is 5.75 Å². The maximum Gasteiger partial charge on any atom is 0.295 e. The van der Waals surface area contributed by atoms with Gasteiger partial charge in [-0.15, -0.1) is 0 Å². The zero-order chi connectivity index (χ0) is 20.3. The van der Waals surface area contributed by atoms with Crippen molar-refractivity contribution in [3.8, 4) is 5.75 Å². The van der Waals surface area contributed by atoms with Gasteiger partial charge in [0.1, 0.15) is 17.6 Å². The van der Waals surface area contributed by atoms with Crippen molar-refractivity contribution < 1.29 is 19.4 Å². The second-order valence-electron chi connectivity index (χ2n) is 6.94. The molecule has 1 N–H and O–H groups in total. The number of carbonyl (C=O) groups is 2. The van der Waals surface area contributed by atoms with E-state index in [9.17, 15) is 14.7 Å². The minimum Gasteiger partial charge on any atom is -0.507 e. The Bertz CT molecular complexity index is 906. The Morgan fingerprint density at radius 3 is 2.64 bits per heavy atom. The summed E-state index contributed by atoms with van der Waals surface area (Å²) in [5.74, 6) is -0.955. The number of aromatic nitrogens is 1. The number of ketones is 1. The summed E-state index contributed by atoms with van der Waals surface area (Å²) in [6, 6.07) is 11.5. The SMILES string of the molecule is CCCN1C(=O)C(=O)/C(=C(\O)c2cccc(OC(C)C)c2)C1c1ccccn1. The van der Waals surface area contributed by atoms with Crippen LogP contribution in [0, 0.1) is 0 Å². The van der Waals surface area contributed by atoms with Crippen molar-refractivity contribution >= 4 is 17.4 Å². The van der Waals surface area contributed by atoms with Crippen molar-refractivity contribution in [2.24, 2.45) is 0 Å². The summed E-state index contributed by atoms with van der Waals surface area (Å²) in [6.07, 6.45) is 2.27. The van der Waals surface area contributed by atoms with Crippen LogP contribution in [-0.2, 0) is 9.59 Å². The second kappa shape index (κ2) is 8.25. The molecule has 2 heterocycles. The monoisotopic (exact) mass is 380 g/mol. The molecule has 0 saturated carbocycles. The quantitative estimate of drug-likeness (QED) is 0.470. The van der Waals surface area contributed by atoms with E-state index in [1.807, 2.05) is 20.8 Å². The maximum atomic E-state index is 12.8. The highest BCUT2D eigenvalue weighted by Gasteiger charge is 2.46. The van der Waals surface area contributed by atoms with Gasteiger partial charge in [0.05, 0.1) is 17.4 Å². The van der Waals surface area contributed by atoms with Gasteiger partial charge in [0.15, 0.2) is 0 Å². The fourth-order valence-corrected chi connectivity index (χ4v) is 3.34. The number of hydrogen-bond acceptors (Lipinski definition) is 5. The molecule has 1 amide bonds. The number of ether oxygens (including phenoxy) is 1. The molecule has 2 aromatic rings. The number of pyridine rings is 1. The predicted molar refractivity (Wildman–Crippen MR) is 106 cm³/mol. The molecule has 6 nitrogen and oxygen atoms in total. The third-order valence-corrected chi connectivity index (χ3v) is 4.45. The maximum absolute atomic E-state index is 12.8. The van der Waals surface area contributed by atoms with E-state index in [1.54, 1.807) is 48.7 Å². The van der Waals surface area contributed by atoms with E-state index >= 15 is 0 Å². The molecule has 0 aliphatic carbocycles. The highest BCUT2D eigenvalue weighted by Crippen LogP contribution is 2.38. The minimum absolute atomic E-state index is 0.0268. The molecule has 1 unspecified atom stereocenters. The van der Waals surface area contributed by atoms with Crippen molar-refractivity contribution in [1.82, 2.24) is 9.88 Å². The summed E-state index contributed by atoms with van der Waals surface area (Å²) in [4.78, 5) is 31.2. The number of hydrogen-bond donors (Lipinski definition) is 1. The largest absolute Gasteiger partial charge is 0.507 e. The van der Waals surface area contributed by atoms with Crippen LogP contribution in [0.4, 0.5) is 0 Å². The highest BCUT2D eigenvalue weighted by atomic mass is 16.5. The van der Waals surface area contributed by atoms with Gasteiger partial charge in [-0.3, -0.25) is 14.6 Å². The van der Waals surface area contributed by atoms with E-state index in [2.05, 4.69) is 4.98 Å². The van der Waals surface area contributed by atoms with Crippen LogP contribution >= 0.6 is 0 Å². The van der Waals surface area contributed by atoms with Crippen LogP contribution in [0.15, 0.2) is 54.2 Å². The molecule has 28 heavy (non-hydrogen) atoms. The van der Waals surface area contributed by atoms with E-state index < -0.39 is 17.7 Å². The number of amides is 1. The third-order valence-electron chi connectivity index (χ3n) is 4.45. The number of aliphatic hydroxyl groups is 1. The Balaban J connectivity index is 2.13. The molecule has 1 atom stereocenters. The standard InChI is InChI=1S/C22H24N2O4/c1-4-12-24-19(17-10-5-6-11-23-17)18(21(26)22(24)27)20(25)15-8-7-9-16(13-15)28-14(2)3/h5-11,13-14,19,25H,4,12H2,1-3H3/b20-18-. The number of rotatable bonds is 6. The topological polar surface area (TPSA) is 79.7 Å². The predicted octanol–water partition coefficient (Wildman–Crippen LogP) is 3.70. The summed E-state index contributed by atoms with van der Waals surface area (Å²) in [6.45, 7) is 6.15. The van der Waals surface area contributed by atoms with Crippen LogP contribution in [0.2, 0.25) is 0 Å². The lowest BCUT2D eigenvalue weighted by Crippen LogP contribution is -2.30. The number of benzene rings is 1. The Morgan fingerprint density at radius 1 is 1.21 bits per heavy atom. The summed E-state index contributed by atoms with van der Waals surface area (Å²) in [7, 11) is 0. The van der Waals surface area contributed by atoms with Crippen molar-refractivity contribution in [3.63, 3.8) is 0 Å². The molecule has 1 aromatic carbocycles. The number of likely N-dealkylation sites (tertiary alicyclic amines) is 1. The highest BCUT2D eigenvalue weighted by molar-refractivity contribution is 6.46. The average Bonchev–Trinajstić information content (AvgIpc) is 2.93. The Kier molecular flexibility index (Phi) is 5.78. The van der Waals surface area contributed by atoms with Gasteiger partial charge in [-0.2, -0.15) is 0 Å². The van der Waals surface area contributed by atoms with Gasteiger partial charge < -0.3 is 14.7 Å². The summed E-state index contributed by atoms with van der Waals surface area (Å²) < 4.78 is 5.68. The van der Waals surface area contributed by atoms with E-state index in [-0.39, 0.29) is 17.4 Å². The molecule has 1 saturated heterocycles. The first-order valence-electron chi connectivity index (χ1n) is 9.40. The molecular formula is C22H24N2O4. The van der Waals surface area contributed by atoms with Crippen LogP contribution in [0.25, 0.3) is 5.76 Å². The smallest absolute Gasteiger partial charge is 0.295 e. The molecule has 1 fully saturated rings. The molecule has 1 aliphatic heterocycles. The first kappa shape index (κ1) is 19.6. The summed E-state index contributed by atoms with van der Waals surface area (Å²) >= 11 is 0. The van der Waals surface area contributed by atoms with Gasteiger partial charge in [0.25, 0.3) is 11.7 Å². The van der Waals surface area contributed by atoms with Crippen LogP contribution in [0.1, 0.15) is 44.5 Å². The lowest BCUT2D eigenvalue weighted by molar-refractivity contribution is -0.139. The molecule has 3 rings (SSSR count). The van der Waals surface area contributed by atoms with Crippen molar-refractivity contribution in [3.05, 3.63) is 65.5 Å². The van der Waals surface area contributed by atoms with Crippen molar-refractivity contribution in [1.29, 1.82) is 0 Å². The first-order chi connectivity index (χ1) is 13.4. The Morgan fingerprint density at radius 2 is 2.00 bits per heavy atom. The van der Waals surface area contributed by atoms with Crippen molar-refractivity contribution in [2.45, 2.75) is 39.3 Å². The molecule has 1 aromatic heterocycles. The molecule has 0 spiro atoms. The molecular weight excluding hydrogens is 356 g/mol. The van der Waals surface area contributed by atoms with Gasteiger partial charge in [-0.1, -0.05) is 25.1 Å². The fourth-order valence-electron chi connectivity index (χ4n) is 3.34. The van der Waals surface area contributed by atoms with Gasteiger partial charge in [0, 0.05) is 18.3 Å². The van der Waals surface area contributed by atoms with Gasteiger partial charge in [-0.05, 0) is 44.5 Å². The fraction of sp³-hybridized carbons (Fsp3) is 0.318. The third kappa shape index (κ3) is 3.76.